The van der Waals surface area contributed by atoms with Gasteiger partial charge in [-0.2, -0.15) is 0 Å². The van der Waals surface area contributed by atoms with Crippen molar-refractivity contribution in [3.63, 3.8) is 0 Å². The molecule has 1 aliphatic carbocycles. The lowest BCUT2D eigenvalue weighted by Crippen LogP contribution is -2.33. The van der Waals surface area contributed by atoms with Crippen LogP contribution in [0, 0.1) is 19.8 Å². The van der Waals surface area contributed by atoms with Crippen molar-refractivity contribution in [3.8, 4) is 0 Å². The van der Waals surface area contributed by atoms with Crippen LogP contribution in [-0.4, -0.2) is 12.4 Å². The van der Waals surface area contributed by atoms with Crippen LogP contribution in [0.4, 0.5) is 0 Å². The molecule has 1 aromatic rings. The molecule has 1 aliphatic rings. The number of ether oxygens (including phenoxy) is 1. The Morgan fingerprint density at radius 2 is 2.00 bits per heavy atom. The number of benzene rings is 1. The number of halogens is 1. The van der Waals surface area contributed by atoms with Gasteiger partial charge in [-0.1, -0.05) is 35.0 Å². The summed E-state index contributed by atoms with van der Waals surface area (Å²) >= 11 is 3.57. The Hall–Kier alpha value is -0.340. The Balaban J connectivity index is 2.55. The van der Waals surface area contributed by atoms with Crippen LogP contribution in [0.5, 0.6) is 0 Å². The van der Waals surface area contributed by atoms with Gasteiger partial charge in [0.15, 0.2) is 0 Å². The molecule has 0 fully saturated rings. The monoisotopic (exact) mass is 296 g/mol. The SMILES string of the molecule is COC1(CCBr)c2cc(C)c(C)cc2CC1C. The van der Waals surface area contributed by atoms with E-state index in [-0.39, 0.29) is 5.60 Å². The summed E-state index contributed by atoms with van der Waals surface area (Å²) in [6.45, 7) is 6.68. The van der Waals surface area contributed by atoms with E-state index in [2.05, 4.69) is 48.8 Å². The van der Waals surface area contributed by atoms with Gasteiger partial charge in [-0.25, -0.2) is 0 Å². The van der Waals surface area contributed by atoms with Crippen LogP contribution >= 0.6 is 15.9 Å². The molecule has 17 heavy (non-hydrogen) atoms. The quantitative estimate of drug-likeness (QED) is 0.763. The minimum absolute atomic E-state index is 0.0860. The molecule has 0 amide bonds. The fraction of sp³-hybridized carbons (Fsp3) is 0.600. The van der Waals surface area contributed by atoms with Crippen molar-refractivity contribution in [1.29, 1.82) is 0 Å². The van der Waals surface area contributed by atoms with Crippen LogP contribution in [-0.2, 0) is 16.8 Å². The van der Waals surface area contributed by atoms with Gasteiger partial charge in [-0.05, 0) is 54.9 Å². The second-order valence-corrected chi connectivity index (χ2v) is 6.02. The van der Waals surface area contributed by atoms with E-state index in [4.69, 9.17) is 4.74 Å². The lowest BCUT2D eigenvalue weighted by Gasteiger charge is -2.33. The number of hydrogen-bond acceptors (Lipinski definition) is 1. The molecule has 0 aliphatic heterocycles. The molecular weight excluding hydrogens is 276 g/mol. The fourth-order valence-corrected chi connectivity index (χ4v) is 3.72. The third-order valence-electron chi connectivity index (χ3n) is 4.33. The van der Waals surface area contributed by atoms with Gasteiger partial charge in [0.2, 0.25) is 0 Å². The molecule has 2 unspecified atom stereocenters. The lowest BCUT2D eigenvalue weighted by molar-refractivity contribution is -0.0504. The Morgan fingerprint density at radius 3 is 2.59 bits per heavy atom. The highest BCUT2D eigenvalue weighted by Gasteiger charge is 2.44. The normalized spacial score (nSPS) is 27.2. The van der Waals surface area contributed by atoms with E-state index in [1.54, 1.807) is 0 Å². The number of aryl methyl sites for hydroxylation is 2. The van der Waals surface area contributed by atoms with Crippen molar-refractivity contribution in [3.05, 3.63) is 34.4 Å². The number of methoxy groups -OCH3 is 1. The Kier molecular flexibility index (Phi) is 3.65. The van der Waals surface area contributed by atoms with Crippen LogP contribution in [0.1, 0.15) is 35.6 Å². The van der Waals surface area contributed by atoms with E-state index < -0.39 is 0 Å². The van der Waals surface area contributed by atoms with E-state index in [1.165, 1.54) is 22.3 Å². The molecule has 2 heteroatoms. The Labute approximate surface area is 113 Å². The highest BCUT2D eigenvalue weighted by atomic mass is 79.9. The average Bonchev–Trinajstić information content (AvgIpc) is 2.54. The zero-order valence-corrected chi connectivity index (χ0v) is 12.7. The molecule has 0 heterocycles. The van der Waals surface area contributed by atoms with Crippen molar-refractivity contribution >= 4 is 15.9 Å². The molecule has 1 aromatic carbocycles. The molecule has 0 spiro atoms. The molecule has 94 valence electrons. The van der Waals surface area contributed by atoms with Crippen molar-refractivity contribution in [1.82, 2.24) is 0 Å². The van der Waals surface area contributed by atoms with Gasteiger partial charge in [-0.3, -0.25) is 0 Å². The van der Waals surface area contributed by atoms with Gasteiger partial charge >= 0.3 is 0 Å². The average molecular weight is 297 g/mol. The second kappa shape index (κ2) is 4.74. The summed E-state index contributed by atoms with van der Waals surface area (Å²) in [6, 6.07) is 4.68. The van der Waals surface area contributed by atoms with Crippen molar-refractivity contribution in [2.45, 2.75) is 39.2 Å². The summed E-state index contributed by atoms with van der Waals surface area (Å²) in [5, 5.41) is 0.984. The molecule has 0 N–H and O–H groups in total. The highest BCUT2D eigenvalue weighted by Crippen LogP contribution is 2.47. The first-order valence-electron chi connectivity index (χ1n) is 6.27. The summed E-state index contributed by atoms with van der Waals surface area (Å²) in [4.78, 5) is 0. The molecule has 0 saturated carbocycles. The Bertz CT molecular complexity index is 427. The van der Waals surface area contributed by atoms with E-state index in [1.807, 2.05) is 7.11 Å². The zero-order valence-electron chi connectivity index (χ0n) is 11.1. The smallest absolute Gasteiger partial charge is 0.0966 e. The molecule has 0 saturated heterocycles. The van der Waals surface area contributed by atoms with Gasteiger partial charge in [0.1, 0.15) is 0 Å². The van der Waals surface area contributed by atoms with Gasteiger partial charge in [0.25, 0.3) is 0 Å². The third kappa shape index (κ3) is 1.96. The van der Waals surface area contributed by atoms with Gasteiger partial charge in [-0.15, -0.1) is 0 Å². The van der Waals surface area contributed by atoms with Crippen LogP contribution in [0.2, 0.25) is 0 Å². The molecule has 0 aromatic heterocycles. The minimum Gasteiger partial charge on any atom is -0.373 e. The van der Waals surface area contributed by atoms with Crippen LogP contribution in [0.25, 0.3) is 0 Å². The van der Waals surface area contributed by atoms with Gasteiger partial charge in [0, 0.05) is 12.4 Å². The zero-order chi connectivity index (χ0) is 12.6. The van der Waals surface area contributed by atoms with Crippen molar-refractivity contribution < 1.29 is 4.74 Å². The van der Waals surface area contributed by atoms with Crippen LogP contribution in [0.15, 0.2) is 12.1 Å². The van der Waals surface area contributed by atoms with Crippen molar-refractivity contribution in [2.24, 2.45) is 5.92 Å². The first-order valence-corrected chi connectivity index (χ1v) is 7.39. The standard InChI is InChI=1S/C15H21BrO/c1-10-7-13-9-12(3)15(17-4,5-6-16)14(13)8-11(10)2/h7-8,12H,5-6,9H2,1-4H3. The maximum atomic E-state index is 5.94. The van der Waals surface area contributed by atoms with E-state index in [9.17, 15) is 0 Å². The van der Waals surface area contributed by atoms with E-state index in [0.717, 1.165) is 18.2 Å². The summed E-state index contributed by atoms with van der Waals surface area (Å²) in [5.74, 6) is 0.557. The van der Waals surface area contributed by atoms with Gasteiger partial charge < -0.3 is 4.74 Å². The first kappa shape index (κ1) is 13.1. The van der Waals surface area contributed by atoms with Crippen LogP contribution < -0.4 is 0 Å². The van der Waals surface area contributed by atoms with Crippen LogP contribution in [0.3, 0.4) is 0 Å². The number of hydrogen-bond donors (Lipinski definition) is 0. The number of fused-ring (bicyclic) bond motifs is 1. The molecular formula is C15H21BrO. The predicted octanol–water partition coefficient (Wildman–Crippen LogP) is 4.12. The number of rotatable bonds is 3. The Morgan fingerprint density at radius 1 is 1.35 bits per heavy atom. The molecule has 1 nitrogen and oxygen atoms in total. The maximum Gasteiger partial charge on any atom is 0.0966 e. The first-order chi connectivity index (χ1) is 8.05. The second-order valence-electron chi connectivity index (χ2n) is 5.23. The number of alkyl halides is 1. The summed E-state index contributed by atoms with van der Waals surface area (Å²) < 4.78 is 5.94. The molecule has 2 rings (SSSR count). The molecule has 2 atom stereocenters. The third-order valence-corrected chi connectivity index (χ3v) is 4.72. The summed E-state index contributed by atoms with van der Waals surface area (Å²) in [5.41, 5.74) is 5.56. The lowest BCUT2D eigenvalue weighted by atomic mass is 9.85. The summed E-state index contributed by atoms with van der Waals surface area (Å²) in [7, 11) is 1.85. The maximum absolute atomic E-state index is 5.94. The topological polar surface area (TPSA) is 9.23 Å². The van der Waals surface area contributed by atoms with Gasteiger partial charge in [0.05, 0.1) is 5.60 Å². The van der Waals surface area contributed by atoms with E-state index >= 15 is 0 Å². The molecule has 0 radical (unpaired) electrons. The van der Waals surface area contributed by atoms with E-state index in [0.29, 0.717) is 5.92 Å². The predicted molar refractivity (Wildman–Crippen MR) is 75.9 cm³/mol. The highest BCUT2D eigenvalue weighted by molar-refractivity contribution is 9.09. The minimum atomic E-state index is -0.0860. The fourth-order valence-electron chi connectivity index (χ4n) is 3.13. The molecule has 0 bridgehead atoms. The van der Waals surface area contributed by atoms with Crippen molar-refractivity contribution in [2.75, 3.05) is 12.4 Å². The largest absolute Gasteiger partial charge is 0.373 e. The summed E-state index contributed by atoms with van der Waals surface area (Å²) in [6.07, 6.45) is 2.18.